The number of hydrogen-bond donors (Lipinski definition) is 0. The minimum absolute atomic E-state index is 0.767. The molecule has 1 aliphatic heterocycles. The van der Waals surface area contributed by atoms with Gasteiger partial charge in [-0.2, -0.15) is 0 Å². The van der Waals surface area contributed by atoms with E-state index in [1.807, 2.05) is 11.8 Å². The summed E-state index contributed by atoms with van der Waals surface area (Å²) in [6.07, 6.45) is 8.45. The third kappa shape index (κ3) is 6.38. The van der Waals surface area contributed by atoms with E-state index in [-0.39, 0.29) is 0 Å². The normalized spacial score (nSPS) is 14.4. The minimum Gasteiger partial charge on any atom is -0.0939 e. The summed E-state index contributed by atoms with van der Waals surface area (Å²) in [7, 11) is 0. The van der Waals surface area contributed by atoms with Crippen molar-refractivity contribution in [3.05, 3.63) is 82.3 Å². The maximum Gasteiger partial charge on any atom is 0.0235 e. The maximum atomic E-state index is 4.33. The first-order chi connectivity index (χ1) is 14.4. The van der Waals surface area contributed by atoms with Gasteiger partial charge in [0, 0.05) is 11.3 Å². The summed E-state index contributed by atoms with van der Waals surface area (Å²) in [4.78, 5) is 2.71. The van der Waals surface area contributed by atoms with E-state index in [1.165, 1.54) is 76.2 Å². The molecule has 0 N–H and O–H groups in total. The van der Waals surface area contributed by atoms with Gasteiger partial charge in [-0.25, -0.2) is 0 Å². The lowest BCUT2D eigenvalue weighted by Crippen LogP contribution is -1.99. The zero-order valence-corrected chi connectivity index (χ0v) is 20.2. The number of aryl methyl sites for hydroxylation is 2. The zero-order valence-electron chi connectivity index (χ0n) is 19.3. The van der Waals surface area contributed by atoms with Crippen LogP contribution >= 0.6 is 11.8 Å². The highest BCUT2D eigenvalue weighted by Gasteiger charge is 2.23. The Labute approximate surface area is 188 Å². The molecule has 3 rings (SSSR count). The molecule has 2 aromatic rings. The lowest BCUT2D eigenvalue weighted by Gasteiger charge is -2.16. The van der Waals surface area contributed by atoms with Crippen LogP contribution in [0, 0.1) is 11.8 Å². The van der Waals surface area contributed by atoms with Crippen LogP contribution in [0.5, 0.6) is 0 Å². The molecule has 2 aromatic carbocycles. The molecule has 160 valence electrons. The Morgan fingerprint density at radius 1 is 0.867 bits per heavy atom. The van der Waals surface area contributed by atoms with Gasteiger partial charge in [0.2, 0.25) is 0 Å². The van der Waals surface area contributed by atoms with Gasteiger partial charge in [0.1, 0.15) is 0 Å². The van der Waals surface area contributed by atoms with Crippen LogP contribution < -0.4 is 0 Å². The van der Waals surface area contributed by atoms with E-state index < -0.39 is 0 Å². The van der Waals surface area contributed by atoms with Crippen LogP contribution in [-0.2, 0) is 12.8 Å². The first-order valence-corrected chi connectivity index (χ1v) is 12.5. The molecule has 0 unspecified atom stereocenters. The second kappa shape index (κ2) is 11.0. The molecule has 0 amide bonds. The van der Waals surface area contributed by atoms with Gasteiger partial charge in [-0.15, -0.1) is 0 Å². The Bertz CT molecular complexity index is 870. The largest absolute Gasteiger partial charge is 0.0939 e. The molecule has 30 heavy (non-hydrogen) atoms. The van der Waals surface area contributed by atoms with Crippen LogP contribution in [-0.4, -0.2) is 0 Å². The van der Waals surface area contributed by atoms with Crippen LogP contribution in [0.4, 0.5) is 0 Å². The topological polar surface area (TPSA) is 0 Å². The van der Waals surface area contributed by atoms with Gasteiger partial charge in [0.15, 0.2) is 0 Å². The average molecular weight is 419 g/mol. The minimum atomic E-state index is 0.767. The van der Waals surface area contributed by atoms with Crippen molar-refractivity contribution in [2.24, 2.45) is 11.8 Å². The number of allylic oxidation sites excluding steroid dienone is 2. The molecule has 0 spiro atoms. The summed E-state index contributed by atoms with van der Waals surface area (Å²) in [5, 5.41) is 0. The number of thioether (sulfide) groups is 1. The van der Waals surface area contributed by atoms with Gasteiger partial charge < -0.3 is 0 Å². The zero-order chi connectivity index (χ0) is 21.5. The SMILES string of the molecule is C=C1CC(c2ccccc2)=C(c2cc(CCCC(C)C)ccc2CCCC(C)C)S1. The Kier molecular flexibility index (Phi) is 8.45. The molecule has 0 atom stereocenters. The first-order valence-electron chi connectivity index (χ1n) is 11.7. The van der Waals surface area contributed by atoms with Gasteiger partial charge in [0.25, 0.3) is 0 Å². The van der Waals surface area contributed by atoms with Crippen LogP contribution in [0.1, 0.15) is 82.1 Å². The van der Waals surface area contributed by atoms with E-state index in [2.05, 4.69) is 82.8 Å². The number of rotatable bonds is 10. The van der Waals surface area contributed by atoms with Crippen LogP contribution in [0.25, 0.3) is 10.5 Å². The fourth-order valence-electron chi connectivity index (χ4n) is 4.23. The van der Waals surface area contributed by atoms with E-state index >= 15 is 0 Å². The molecule has 0 fully saturated rings. The molecule has 0 saturated heterocycles. The highest BCUT2D eigenvalue weighted by molar-refractivity contribution is 8.12. The van der Waals surface area contributed by atoms with Crippen molar-refractivity contribution in [2.45, 2.75) is 72.6 Å². The van der Waals surface area contributed by atoms with E-state index in [4.69, 9.17) is 0 Å². The fourth-order valence-corrected chi connectivity index (χ4v) is 5.35. The van der Waals surface area contributed by atoms with E-state index in [9.17, 15) is 0 Å². The molecular weight excluding hydrogens is 380 g/mol. The van der Waals surface area contributed by atoms with Crippen molar-refractivity contribution in [1.82, 2.24) is 0 Å². The summed E-state index contributed by atoms with van der Waals surface area (Å²) in [6.45, 7) is 13.6. The molecular formula is C29H38S. The molecule has 0 radical (unpaired) electrons. The summed E-state index contributed by atoms with van der Waals surface area (Å²) in [5.74, 6) is 1.55. The maximum absolute atomic E-state index is 4.33. The van der Waals surface area contributed by atoms with Crippen molar-refractivity contribution in [3.63, 3.8) is 0 Å². The standard InChI is InChI=1S/C29H38S/c1-21(2)11-9-13-24-17-18-26(16-10-12-22(3)4)28(20-24)29-27(19-23(5)30-29)25-14-7-6-8-15-25/h6-8,14-15,17-18,20-22H,5,9-13,16,19H2,1-4H3. The third-order valence-electron chi connectivity index (χ3n) is 5.91. The van der Waals surface area contributed by atoms with Gasteiger partial charge in [-0.05, 0) is 70.3 Å². The van der Waals surface area contributed by atoms with E-state index in [0.29, 0.717) is 0 Å². The van der Waals surface area contributed by atoms with Crippen molar-refractivity contribution in [2.75, 3.05) is 0 Å². The lowest BCUT2D eigenvalue weighted by atomic mass is 9.92. The van der Waals surface area contributed by atoms with Crippen molar-refractivity contribution < 1.29 is 0 Å². The molecule has 0 saturated carbocycles. The summed E-state index contributed by atoms with van der Waals surface area (Å²) in [6, 6.07) is 18.2. The fraction of sp³-hybridized carbons (Fsp3) is 0.448. The van der Waals surface area contributed by atoms with E-state index in [0.717, 1.165) is 18.3 Å². The Morgan fingerprint density at radius 3 is 2.20 bits per heavy atom. The van der Waals surface area contributed by atoms with Crippen molar-refractivity contribution in [3.8, 4) is 0 Å². The molecule has 0 bridgehead atoms. The molecule has 1 heterocycles. The number of hydrogen-bond acceptors (Lipinski definition) is 1. The van der Waals surface area contributed by atoms with Crippen LogP contribution in [0.2, 0.25) is 0 Å². The van der Waals surface area contributed by atoms with Crippen LogP contribution in [0.15, 0.2) is 60.0 Å². The third-order valence-corrected chi connectivity index (χ3v) is 7.01. The Hall–Kier alpha value is -1.73. The molecule has 1 aliphatic rings. The summed E-state index contributed by atoms with van der Waals surface area (Å²) >= 11 is 1.90. The predicted octanol–water partition coefficient (Wildman–Crippen LogP) is 9.16. The molecule has 0 aliphatic carbocycles. The van der Waals surface area contributed by atoms with Gasteiger partial charge in [-0.1, -0.05) is 107 Å². The van der Waals surface area contributed by atoms with Crippen molar-refractivity contribution >= 4 is 22.2 Å². The number of benzene rings is 2. The lowest BCUT2D eigenvalue weighted by molar-refractivity contribution is 0.554. The van der Waals surface area contributed by atoms with Crippen LogP contribution in [0.3, 0.4) is 0 Å². The van der Waals surface area contributed by atoms with Gasteiger partial charge in [-0.3, -0.25) is 0 Å². The molecule has 1 heteroatoms. The smallest absolute Gasteiger partial charge is 0.0235 e. The van der Waals surface area contributed by atoms with E-state index in [1.54, 1.807) is 0 Å². The van der Waals surface area contributed by atoms with Gasteiger partial charge >= 0.3 is 0 Å². The average Bonchev–Trinajstić information content (AvgIpc) is 3.10. The second-order valence-electron chi connectivity index (χ2n) is 9.55. The Morgan fingerprint density at radius 2 is 1.53 bits per heavy atom. The summed E-state index contributed by atoms with van der Waals surface area (Å²) < 4.78 is 0. The monoisotopic (exact) mass is 418 g/mol. The quantitative estimate of drug-likeness (QED) is 0.370. The summed E-state index contributed by atoms with van der Waals surface area (Å²) in [5.41, 5.74) is 7.25. The van der Waals surface area contributed by atoms with Crippen molar-refractivity contribution in [1.29, 1.82) is 0 Å². The molecule has 0 aromatic heterocycles. The highest BCUT2D eigenvalue weighted by Crippen LogP contribution is 2.50. The second-order valence-corrected chi connectivity index (χ2v) is 10.7. The van der Waals surface area contributed by atoms with Gasteiger partial charge in [0.05, 0.1) is 0 Å². The molecule has 0 nitrogen and oxygen atoms in total. The Balaban J connectivity index is 1.96. The highest BCUT2D eigenvalue weighted by atomic mass is 32.2. The predicted molar refractivity (Wildman–Crippen MR) is 137 cm³/mol. The first kappa shape index (κ1) is 22.9.